The number of carbonyl (C=O) groups excluding carboxylic acids is 1. The normalized spacial score (nSPS) is 10.6. The molecule has 0 saturated carbocycles. The molecule has 0 aliphatic heterocycles. The predicted molar refractivity (Wildman–Crippen MR) is 57.9 cm³/mol. The highest BCUT2D eigenvalue weighted by Crippen LogP contribution is 2.37. The van der Waals surface area contributed by atoms with E-state index in [0.29, 0.717) is 5.69 Å². The van der Waals surface area contributed by atoms with Crippen molar-refractivity contribution >= 4 is 19.4 Å². The molecule has 0 unspecified atom stereocenters. The summed E-state index contributed by atoms with van der Waals surface area (Å²) in [5, 5.41) is 2.48. The molecule has 0 radical (unpaired) electrons. The van der Waals surface area contributed by atoms with Crippen molar-refractivity contribution in [3.8, 4) is 5.75 Å². The smallest absolute Gasteiger partial charge is 0.404 e. The van der Waals surface area contributed by atoms with Gasteiger partial charge in [0.05, 0.1) is 0 Å². The summed E-state index contributed by atoms with van der Waals surface area (Å²) in [7, 11) is -4.54. The summed E-state index contributed by atoms with van der Waals surface area (Å²) in [5.74, 6) is -0.353. The molecule has 0 aromatic heterocycles. The Kier molecular flexibility index (Phi) is 3.84. The zero-order valence-electron chi connectivity index (χ0n) is 8.16. The fraction of sp³-hybridized carbons (Fsp3) is 0. The lowest BCUT2D eigenvalue weighted by Gasteiger charge is -2.07. The first-order valence-corrected chi connectivity index (χ1v) is 5.72. The average Bonchev–Trinajstić information content (AvgIpc) is 2.18. The first kappa shape index (κ1) is 12.4. The van der Waals surface area contributed by atoms with Crippen LogP contribution in [-0.4, -0.2) is 15.7 Å². The highest BCUT2D eigenvalue weighted by molar-refractivity contribution is 7.46. The molecule has 0 fully saturated rings. The van der Waals surface area contributed by atoms with Gasteiger partial charge in [-0.25, -0.2) is 4.57 Å². The van der Waals surface area contributed by atoms with Gasteiger partial charge in [-0.1, -0.05) is 6.58 Å². The van der Waals surface area contributed by atoms with Gasteiger partial charge in [0.15, 0.2) is 0 Å². The summed E-state index contributed by atoms with van der Waals surface area (Å²) in [6, 6.07) is 5.56. The Morgan fingerprint density at radius 2 is 1.94 bits per heavy atom. The first-order valence-electron chi connectivity index (χ1n) is 4.19. The number of phosphoric acid groups is 1. The van der Waals surface area contributed by atoms with Crippen LogP contribution in [0.25, 0.3) is 0 Å². The van der Waals surface area contributed by atoms with Crippen LogP contribution in [-0.2, 0) is 9.36 Å². The van der Waals surface area contributed by atoms with Crippen LogP contribution in [0.4, 0.5) is 5.69 Å². The maximum absolute atomic E-state index is 10.9. The second-order valence-electron chi connectivity index (χ2n) is 2.80. The van der Waals surface area contributed by atoms with Crippen molar-refractivity contribution in [1.82, 2.24) is 0 Å². The van der Waals surface area contributed by atoms with Gasteiger partial charge in [0.25, 0.3) is 0 Å². The van der Waals surface area contributed by atoms with Crippen LogP contribution >= 0.6 is 7.82 Å². The minimum atomic E-state index is -4.54. The molecule has 0 aliphatic rings. The number of phosphoric ester groups is 1. The largest absolute Gasteiger partial charge is 0.524 e. The molecule has 0 atom stereocenters. The molecule has 86 valence electrons. The number of anilines is 1. The Labute approximate surface area is 91.8 Å². The van der Waals surface area contributed by atoms with Crippen molar-refractivity contribution in [3.05, 3.63) is 36.9 Å². The molecule has 7 heteroatoms. The fourth-order valence-electron chi connectivity index (χ4n) is 0.930. The average molecular weight is 243 g/mol. The van der Waals surface area contributed by atoms with Crippen molar-refractivity contribution in [2.45, 2.75) is 0 Å². The lowest BCUT2D eigenvalue weighted by Crippen LogP contribution is -2.06. The molecule has 0 heterocycles. The van der Waals surface area contributed by atoms with E-state index in [4.69, 9.17) is 9.79 Å². The van der Waals surface area contributed by atoms with Crippen LogP contribution in [0.1, 0.15) is 0 Å². The second kappa shape index (κ2) is 4.94. The minimum absolute atomic E-state index is 0.0185. The van der Waals surface area contributed by atoms with Gasteiger partial charge in [0, 0.05) is 5.69 Å². The summed E-state index contributed by atoms with van der Waals surface area (Å²) in [4.78, 5) is 28.0. The molecular formula is C9H10NO5P. The molecule has 0 spiro atoms. The zero-order chi connectivity index (χ0) is 12.2. The summed E-state index contributed by atoms with van der Waals surface area (Å²) in [6.45, 7) is 3.28. The molecular weight excluding hydrogens is 233 g/mol. The van der Waals surface area contributed by atoms with E-state index >= 15 is 0 Å². The molecule has 16 heavy (non-hydrogen) atoms. The van der Waals surface area contributed by atoms with Crippen molar-refractivity contribution in [2.24, 2.45) is 0 Å². The SMILES string of the molecule is C=CC(=O)Nc1ccc(OP(=O)(O)O)cc1. The van der Waals surface area contributed by atoms with E-state index in [-0.39, 0.29) is 11.7 Å². The number of amides is 1. The molecule has 1 amide bonds. The summed E-state index contributed by atoms with van der Waals surface area (Å²) < 4.78 is 14.8. The highest BCUT2D eigenvalue weighted by atomic mass is 31.2. The van der Waals surface area contributed by atoms with Crippen molar-refractivity contribution in [3.63, 3.8) is 0 Å². The monoisotopic (exact) mass is 243 g/mol. The van der Waals surface area contributed by atoms with Crippen LogP contribution in [0.3, 0.4) is 0 Å². The standard InChI is InChI=1S/C9H10NO5P/c1-2-9(11)10-7-3-5-8(6-4-7)15-16(12,13)14/h2-6H,1H2,(H,10,11)(H2,12,13,14). The topological polar surface area (TPSA) is 95.9 Å². The van der Waals surface area contributed by atoms with Crippen LogP contribution in [0.5, 0.6) is 5.75 Å². The van der Waals surface area contributed by atoms with Crippen LogP contribution in [0, 0.1) is 0 Å². The number of hydrogen-bond donors (Lipinski definition) is 3. The van der Waals surface area contributed by atoms with E-state index in [1.54, 1.807) is 0 Å². The molecule has 0 saturated heterocycles. The summed E-state index contributed by atoms with van der Waals surface area (Å²) >= 11 is 0. The second-order valence-corrected chi connectivity index (χ2v) is 3.96. The molecule has 1 rings (SSSR count). The van der Waals surface area contributed by atoms with Crippen molar-refractivity contribution < 1.29 is 23.7 Å². The lowest BCUT2D eigenvalue weighted by atomic mass is 10.3. The van der Waals surface area contributed by atoms with Crippen LogP contribution in [0.2, 0.25) is 0 Å². The maximum atomic E-state index is 10.9. The summed E-state index contributed by atoms with van der Waals surface area (Å²) in [6.07, 6.45) is 1.11. The van der Waals surface area contributed by atoms with E-state index in [2.05, 4.69) is 16.4 Å². The van der Waals surface area contributed by atoms with E-state index in [0.717, 1.165) is 6.08 Å². The van der Waals surface area contributed by atoms with Crippen molar-refractivity contribution in [1.29, 1.82) is 0 Å². The van der Waals surface area contributed by atoms with Crippen LogP contribution < -0.4 is 9.84 Å². The molecule has 1 aromatic carbocycles. The van der Waals surface area contributed by atoms with Crippen LogP contribution in [0.15, 0.2) is 36.9 Å². The molecule has 3 N–H and O–H groups in total. The predicted octanol–water partition coefficient (Wildman–Crippen LogP) is 1.28. The summed E-state index contributed by atoms with van der Waals surface area (Å²) in [5.41, 5.74) is 0.475. The van der Waals surface area contributed by atoms with Gasteiger partial charge in [0.2, 0.25) is 5.91 Å². The quantitative estimate of drug-likeness (QED) is 0.546. The van der Waals surface area contributed by atoms with Gasteiger partial charge < -0.3 is 9.84 Å². The third-order valence-electron chi connectivity index (χ3n) is 1.53. The number of rotatable bonds is 4. The molecule has 0 bridgehead atoms. The minimum Gasteiger partial charge on any atom is -0.404 e. The van der Waals surface area contributed by atoms with Gasteiger partial charge in [-0.05, 0) is 30.3 Å². The van der Waals surface area contributed by atoms with Gasteiger partial charge >= 0.3 is 7.82 Å². The van der Waals surface area contributed by atoms with E-state index in [1.807, 2.05) is 0 Å². The highest BCUT2D eigenvalue weighted by Gasteiger charge is 2.15. The zero-order valence-corrected chi connectivity index (χ0v) is 9.05. The lowest BCUT2D eigenvalue weighted by molar-refractivity contribution is -0.111. The van der Waals surface area contributed by atoms with Gasteiger partial charge in [0.1, 0.15) is 5.75 Å². The van der Waals surface area contributed by atoms with E-state index in [1.165, 1.54) is 24.3 Å². The fourth-order valence-corrected chi connectivity index (χ4v) is 1.33. The maximum Gasteiger partial charge on any atom is 0.524 e. The third kappa shape index (κ3) is 4.27. The van der Waals surface area contributed by atoms with Gasteiger partial charge in [-0.15, -0.1) is 0 Å². The Bertz CT molecular complexity index is 436. The van der Waals surface area contributed by atoms with Gasteiger partial charge in [-0.2, -0.15) is 0 Å². The Morgan fingerprint density at radius 3 is 2.38 bits per heavy atom. The van der Waals surface area contributed by atoms with E-state index < -0.39 is 7.82 Å². The number of carbonyl (C=O) groups is 1. The molecule has 6 nitrogen and oxygen atoms in total. The number of nitrogens with one attached hydrogen (secondary N) is 1. The Morgan fingerprint density at radius 1 is 1.38 bits per heavy atom. The van der Waals surface area contributed by atoms with Crippen molar-refractivity contribution in [2.75, 3.05) is 5.32 Å². The Balaban J connectivity index is 2.72. The molecule has 1 aromatic rings. The molecule has 0 aliphatic carbocycles. The third-order valence-corrected chi connectivity index (χ3v) is 1.98. The Hall–Kier alpha value is -1.62. The number of hydrogen-bond acceptors (Lipinski definition) is 3. The van der Waals surface area contributed by atoms with E-state index in [9.17, 15) is 9.36 Å². The number of benzene rings is 1. The van der Waals surface area contributed by atoms with Gasteiger partial charge in [-0.3, -0.25) is 14.6 Å². The first-order chi connectivity index (χ1) is 7.40.